The van der Waals surface area contributed by atoms with Crippen LogP contribution < -0.4 is 10.7 Å². The number of hydrogen-bond acceptors (Lipinski definition) is 3. The van der Waals surface area contributed by atoms with E-state index in [1.165, 1.54) is 5.56 Å². The molecule has 0 radical (unpaired) electrons. The molecule has 110 valence electrons. The summed E-state index contributed by atoms with van der Waals surface area (Å²) in [6, 6.07) is 10.1. The van der Waals surface area contributed by atoms with E-state index in [1.54, 1.807) is 6.21 Å². The first-order valence-electron chi connectivity index (χ1n) is 6.69. The molecule has 5 nitrogen and oxygen atoms in total. The zero-order valence-corrected chi connectivity index (χ0v) is 13.2. The molecular weight excluding hydrogens is 282 g/mol. The molecule has 0 saturated heterocycles. The molecule has 0 aliphatic carbocycles. The maximum absolute atomic E-state index is 5.18. The number of benzene rings is 1. The number of nitrogens with one attached hydrogen (secondary N) is 2. The lowest BCUT2D eigenvalue weighted by atomic mass is 10.2. The van der Waals surface area contributed by atoms with Crippen molar-refractivity contribution in [1.82, 2.24) is 20.5 Å². The lowest BCUT2D eigenvalue weighted by Crippen LogP contribution is -2.31. The molecule has 0 saturated carbocycles. The quantitative estimate of drug-likeness (QED) is 0.515. The topological polar surface area (TPSA) is 54.2 Å². The zero-order chi connectivity index (χ0) is 15.2. The highest BCUT2D eigenvalue weighted by atomic mass is 32.1. The van der Waals surface area contributed by atoms with Gasteiger partial charge in [0.1, 0.15) is 0 Å². The standard InChI is InChI=1S/C15H19N5S/c1-11-14(12(2)20(3)19-11)10-17-18-15(21)16-9-13-7-5-4-6-8-13/h4-8,10H,9H2,1-3H3,(H2,16,18,21)/b17-10+. The van der Waals surface area contributed by atoms with E-state index in [2.05, 4.69) is 20.9 Å². The van der Waals surface area contributed by atoms with Crippen LogP contribution in [-0.2, 0) is 13.6 Å². The number of aromatic nitrogens is 2. The number of nitrogens with zero attached hydrogens (tertiary/aromatic N) is 3. The van der Waals surface area contributed by atoms with Crippen molar-refractivity contribution < 1.29 is 0 Å². The predicted molar refractivity (Wildman–Crippen MR) is 89.3 cm³/mol. The van der Waals surface area contributed by atoms with Crippen molar-refractivity contribution in [3.63, 3.8) is 0 Å². The summed E-state index contributed by atoms with van der Waals surface area (Å²) in [7, 11) is 1.92. The highest BCUT2D eigenvalue weighted by Crippen LogP contribution is 2.08. The Balaban J connectivity index is 1.85. The Morgan fingerprint density at radius 2 is 2.05 bits per heavy atom. The molecule has 0 bridgehead atoms. The van der Waals surface area contributed by atoms with Crippen LogP contribution in [0.4, 0.5) is 0 Å². The van der Waals surface area contributed by atoms with E-state index >= 15 is 0 Å². The van der Waals surface area contributed by atoms with Crippen molar-refractivity contribution in [2.75, 3.05) is 0 Å². The Morgan fingerprint density at radius 3 is 2.67 bits per heavy atom. The van der Waals surface area contributed by atoms with E-state index in [9.17, 15) is 0 Å². The average Bonchev–Trinajstić information content (AvgIpc) is 2.72. The van der Waals surface area contributed by atoms with Crippen molar-refractivity contribution in [1.29, 1.82) is 0 Å². The third kappa shape index (κ3) is 4.13. The Labute approximate surface area is 130 Å². The molecule has 6 heteroatoms. The third-order valence-electron chi connectivity index (χ3n) is 3.22. The van der Waals surface area contributed by atoms with Crippen molar-refractivity contribution in [3.8, 4) is 0 Å². The number of thiocarbonyl (C=S) groups is 1. The Bertz CT molecular complexity index is 646. The fourth-order valence-corrected chi connectivity index (χ4v) is 2.07. The normalized spacial score (nSPS) is 10.8. The Kier molecular flexibility index (Phi) is 5.05. The summed E-state index contributed by atoms with van der Waals surface area (Å²) in [5.41, 5.74) is 7.02. The van der Waals surface area contributed by atoms with Crippen molar-refractivity contribution in [2.45, 2.75) is 20.4 Å². The van der Waals surface area contributed by atoms with Gasteiger partial charge in [0.2, 0.25) is 0 Å². The largest absolute Gasteiger partial charge is 0.357 e. The molecule has 0 atom stereocenters. The van der Waals surface area contributed by atoms with Gasteiger partial charge in [0.05, 0.1) is 11.9 Å². The van der Waals surface area contributed by atoms with Crippen LogP contribution in [-0.4, -0.2) is 21.1 Å². The molecule has 1 aromatic carbocycles. The van der Waals surface area contributed by atoms with Gasteiger partial charge in [-0.2, -0.15) is 10.2 Å². The lowest BCUT2D eigenvalue weighted by Gasteiger charge is -2.06. The molecular formula is C15H19N5S. The van der Waals surface area contributed by atoms with Crippen LogP contribution in [0.5, 0.6) is 0 Å². The Morgan fingerprint density at radius 1 is 1.33 bits per heavy atom. The van der Waals surface area contributed by atoms with Crippen LogP contribution in [0.15, 0.2) is 35.4 Å². The lowest BCUT2D eigenvalue weighted by molar-refractivity contribution is 0.731. The van der Waals surface area contributed by atoms with E-state index in [-0.39, 0.29) is 0 Å². The van der Waals surface area contributed by atoms with E-state index < -0.39 is 0 Å². The highest BCUT2D eigenvalue weighted by Gasteiger charge is 2.06. The first kappa shape index (κ1) is 15.2. The maximum atomic E-state index is 5.18. The number of aryl methyl sites for hydroxylation is 2. The molecule has 0 fully saturated rings. The van der Waals surface area contributed by atoms with Crippen LogP contribution in [0.1, 0.15) is 22.5 Å². The smallest absolute Gasteiger partial charge is 0.187 e. The van der Waals surface area contributed by atoms with Crippen LogP contribution in [0.3, 0.4) is 0 Å². The second-order valence-corrected chi connectivity index (χ2v) is 5.15. The zero-order valence-electron chi connectivity index (χ0n) is 12.4. The first-order valence-corrected chi connectivity index (χ1v) is 7.10. The molecule has 2 rings (SSSR count). The molecule has 2 aromatic rings. The van der Waals surface area contributed by atoms with Gasteiger partial charge in [-0.05, 0) is 31.6 Å². The van der Waals surface area contributed by atoms with Gasteiger partial charge in [-0.1, -0.05) is 30.3 Å². The minimum absolute atomic E-state index is 0.495. The summed E-state index contributed by atoms with van der Waals surface area (Å²) in [4.78, 5) is 0. The van der Waals surface area contributed by atoms with Crippen molar-refractivity contribution in [2.24, 2.45) is 12.1 Å². The molecule has 0 amide bonds. The third-order valence-corrected chi connectivity index (χ3v) is 3.46. The summed E-state index contributed by atoms with van der Waals surface area (Å²) >= 11 is 5.18. The van der Waals surface area contributed by atoms with Crippen molar-refractivity contribution >= 4 is 23.5 Å². The van der Waals surface area contributed by atoms with Gasteiger partial charge in [0.25, 0.3) is 0 Å². The second-order valence-electron chi connectivity index (χ2n) is 4.75. The summed E-state index contributed by atoms with van der Waals surface area (Å²) in [5, 5.41) is 12.1. The van der Waals surface area contributed by atoms with Crippen LogP contribution in [0.25, 0.3) is 0 Å². The molecule has 0 unspecified atom stereocenters. The van der Waals surface area contributed by atoms with Crippen LogP contribution >= 0.6 is 12.2 Å². The SMILES string of the molecule is Cc1nn(C)c(C)c1/C=N/NC(=S)NCc1ccccc1. The van der Waals surface area contributed by atoms with Gasteiger partial charge >= 0.3 is 0 Å². The van der Waals surface area contributed by atoms with Gasteiger partial charge < -0.3 is 5.32 Å². The molecule has 0 aliphatic heterocycles. The molecule has 1 heterocycles. The van der Waals surface area contributed by atoms with E-state index in [0.29, 0.717) is 11.7 Å². The molecule has 0 spiro atoms. The first-order chi connectivity index (χ1) is 10.1. The summed E-state index contributed by atoms with van der Waals surface area (Å²) in [6.45, 7) is 4.64. The average molecular weight is 301 g/mol. The molecule has 0 aliphatic rings. The van der Waals surface area contributed by atoms with Gasteiger partial charge in [-0.25, -0.2) is 0 Å². The number of rotatable bonds is 4. The fourth-order valence-electron chi connectivity index (χ4n) is 1.95. The monoisotopic (exact) mass is 301 g/mol. The minimum Gasteiger partial charge on any atom is -0.357 e. The van der Waals surface area contributed by atoms with E-state index in [0.717, 1.165) is 17.0 Å². The Hall–Kier alpha value is -2.21. The molecule has 2 N–H and O–H groups in total. The number of hydrazone groups is 1. The van der Waals surface area contributed by atoms with Gasteiger partial charge in [0, 0.05) is 24.8 Å². The second kappa shape index (κ2) is 6.99. The van der Waals surface area contributed by atoms with E-state index in [1.807, 2.05) is 55.9 Å². The van der Waals surface area contributed by atoms with Crippen LogP contribution in [0.2, 0.25) is 0 Å². The molecule has 1 aromatic heterocycles. The van der Waals surface area contributed by atoms with Gasteiger partial charge in [0.15, 0.2) is 5.11 Å². The van der Waals surface area contributed by atoms with E-state index in [4.69, 9.17) is 12.2 Å². The maximum Gasteiger partial charge on any atom is 0.187 e. The summed E-state index contributed by atoms with van der Waals surface area (Å²) in [5.74, 6) is 0. The molecule has 21 heavy (non-hydrogen) atoms. The highest BCUT2D eigenvalue weighted by molar-refractivity contribution is 7.80. The summed E-state index contributed by atoms with van der Waals surface area (Å²) < 4.78 is 1.84. The van der Waals surface area contributed by atoms with Gasteiger partial charge in [-0.3, -0.25) is 10.1 Å². The fraction of sp³-hybridized carbons (Fsp3) is 0.267. The summed E-state index contributed by atoms with van der Waals surface area (Å²) in [6.07, 6.45) is 1.74. The predicted octanol–water partition coefficient (Wildman–Crippen LogP) is 2.04. The minimum atomic E-state index is 0.495. The number of hydrogen-bond donors (Lipinski definition) is 2. The van der Waals surface area contributed by atoms with Crippen molar-refractivity contribution in [3.05, 3.63) is 52.8 Å². The van der Waals surface area contributed by atoms with Crippen LogP contribution in [0, 0.1) is 13.8 Å². The van der Waals surface area contributed by atoms with Gasteiger partial charge in [-0.15, -0.1) is 0 Å².